The van der Waals surface area contributed by atoms with Crippen molar-refractivity contribution in [3.8, 4) is 5.75 Å². The Bertz CT molecular complexity index is 751. The third kappa shape index (κ3) is 6.66. The minimum absolute atomic E-state index is 0.0153. The Kier molecular flexibility index (Phi) is 7.44. The molecular weight excluding hydrogens is 300 g/mol. The molecule has 0 fully saturated rings. The van der Waals surface area contributed by atoms with E-state index in [1.165, 1.54) is 12.3 Å². The Morgan fingerprint density at radius 2 is 1.42 bits per heavy atom. The molecule has 0 unspecified atom stereocenters. The van der Waals surface area contributed by atoms with Gasteiger partial charge < -0.3 is 4.84 Å². The van der Waals surface area contributed by atoms with Gasteiger partial charge in [0.15, 0.2) is 11.5 Å². The van der Waals surface area contributed by atoms with Crippen LogP contribution in [0.1, 0.15) is 5.56 Å². The number of benzene rings is 1. The molecule has 24 heavy (non-hydrogen) atoms. The topological polar surface area (TPSA) is 51.0 Å². The summed E-state index contributed by atoms with van der Waals surface area (Å²) < 4.78 is 0. The van der Waals surface area contributed by atoms with E-state index in [0.29, 0.717) is 5.75 Å². The molecule has 0 spiro atoms. The number of nitrogens with zero attached hydrogens (tertiary/aromatic N) is 2. The molecule has 4 heteroatoms. The summed E-state index contributed by atoms with van der Waals surface area (Å²) in [6.45, 7) is 0. The van der Waals surface area contributed by atoms with Crippen LogP contribution in [0.5, 0.6) is 5.75 Å². The van der Waals surface area contributed by atoms with Gasteiger partial charge >= 0.3 is 0 Å². The Morgan fingerprint density at radius 3 is 2.17 bits per heavy atom. The lowest BCUT2D eigenvalue weighted by molar-refractivity contribution is -0.114. The quantitative estimate of drug-likeness (QED) is 0.686. The van der Waals surface area contributed by atoms with Crippen molar-refractivity contribution >= 4 is 5.78 Å². The fourth-order valence-corrected chi connectivity index (χ4v) is 1.84. The maximum absolute atomic E-state index is 12.0. The fraction of sp³-hybridized carbons (Fsp3) is 0.0500. The van der Waals surface area contributed by atoms with Crippen molar-refractivity contribution in [3.63, 3.8) is 0 Å². The van der Waals surface area contributed by atoms with Crippen LogP contribution >= 0.6 is 0 Å². The van der Waals surface area contributed by atoms with Gasteiger partial charge in [0.25, 0.3) is 0 Å². The molecule has 0 N–H and O–H groups in total. The smallest absolute Gasteiger partial charge is 0.163 e. The van der Waals surface area contributed by atoms with Gasteiger partial charge in [-0.1, -0.05) is 72.9 Å². The number of carbonyl (C=O) groups is 1. The highest BCUT2D eigenvalue weighted by Gasteiger charge is 2.06. The Hall–Kier alpha value is -3.27. The van der Waals surface area contributed by atoms with E-state index in [1.54, 1.807) is 18.2 Å². The number of allylic oxidation sites excluding steroid dienone is 11. The number of carbonyl (C=O) groups excluding carboxylic acids is 1. The molecule has 0 bridgehead atoms. The van der Waals surface area contributed by atoms with Gasteiger partial charge in [-0.25, -0.2) is 0 Å². The SMILES string of the molecule is O=C1C=CC=CC=CC=CC=CC=CN=NOc2ccccc2C1. The highest BCUT2D eigenvalue weighted by Crippen LogP contribution is 2.19. The molecule has 1 aromatic carbocycles. The van der Waals surface area contributed by atoms with Gasteiger partial charge in [0.1, 0.15) is 0 Å². The van der Waals surface area contributed by atoms with Gasteiger partial charge in [-0.15, -0.1) is 5.11 Å². The third-order valence-corrected chi connectivity index (χ3v) is 2.96. The molecule has 1 heterocycles. The van der Waals surface area contributed by atoms with Crippen LogP contribution < -0.4 is 4.84 Å². The highest BCUT2D eigenvalue weighted by molar-refractivity contribution is 5.92. The first kappa shape index (κ1) is 17.1. The van der Waals surface area contributed by atoms with Gasteiger partial charge in [0.2, 0.25) is 0 Å². The van der Waals surface area contributed by atoms with Crippen molar-refractivity contribution in [1.82, 2.24) is 0 Å². The van der Waals surface area contributed by atoms with E-state index in [9.17, 15) is 4.79 Å². The molecule has 2 rings (SSSR count). The lowest BCUT2D eigenvalue weighted by Gasteiger charge is -2.03. The second-order valence-electron chi connectivity index (χ2n) is 4.78. The monoisotopic (exact) mass is 318 g/mol. The van der Waals surface area contributed by atoms with Crippen molar-refractivity contribution < 1.29 is 9.63 Å². The van der Waals surface area contributed by atoms with Crippen molar-refractivity contribution in [2.24, 2.45) is 10.4 Å². The molecule has 120 valence electrons. The Morgan fingerprint density at radius 1 is 0.792 bits per heavy atom. The highest BCUT2D eigenvalue weighted by atomic mass is 16.6. The molecule has 1 aromatic rings. The Balaban J connectivity index is 2.18. The van der Waals surface area contributed by atoms with Crippen molar-refractivity contribution in [2.75, 3.05) is 0 Å². The molecule has 0 aromatic heterocycles. The molecule has 0 aliphatic carbocycles. The van der Waals surface area contributed by atoms with Gasteiger partial charge in [-0.2, -0.15) is 0 Å². The summed E-state index contributed by atoms with van der Waals surface area (Å²) >= 11 is 0. The van der Waals surface area contributed by atoms with Gasteiger partial charge in [0, 0.05) is 17.3 Å². The second kappa shape index (κ2) is 10.5. The van der Waals surface area contributed by atoms with Crippen LogP contribution in [0.25, 0.3) is 0 Å². The molecule has 1 aliphatic heterocycles. The first-order valence-corrected chi connectivity index (χ1v) is 7.54. The standard InChI is InChI=1S/C20H18N2O2/c23-19-14-9-7-5-3-1-2-4-6-8-12-16-21-22-24-20-15-11-10-13-18(20)17-19/h1-16H,17H2. The summed E-state index contributed by atoms with van der Waals surface area (Å²) in [5.41, 5.74) is 0.765. The molecule has 4 nitrogen and oxygen atoms in total. The van der Waals surface area contributed by atoms with Gasteiger partial charge in [-0.3, -0.25) is 4.79 Å². The number of hydrogen-bond acceptors (Lipinski definition) is 4. The summed E-state index contributed by atoms with van der Waals surface area (Å²) in [5.74, 6) is 0.504. The zero-order chi connectivity index (χ0) is 16.9. The van der Waals surface area contributed by atoms with Gasteiger partial charge in [0.05, 0.1) is 6.20 Å². The van der Waals surface area contributed by atoms with Crippen LogP contribution in [0.15, 0.2) is 108 Å². The van der Waals surface area contributed by atoms with Crippen LogP contribution in [0.3, 0.4) is 0 Å². The Labute approximate surface area is 141 Å². The van der Waals surface area contributed by atoms with E-state index >= 15 is 0 Å². The minimum Gasteiger partial charge on any atom is -0.339 e. The number of para-hydroxylation sites is 1. The fourth-order valence-electron chi connectivity index (χ4n) is 1.84. The first-order chi connectivity index (χ1) is 11.9. The molecule has 0 saturated heterocycles. The molecule has 0 radical (unpaired) electrons. The number of ketones is 1. The summed E-state index contributed by atoms with van der Waals surface area (Å²) in [4.78, 5) is 17.3. The third-order valence-electron chi connectivity index (χ3n) is 2.96. The van der Waals surface area contributed by atoms with Gasteiger partial charge in [-0.05, 0) is 18.2 Å². The van der Waals surface area contributed by atoms with E-state index in [1.807, 2.05) is 66.8 Å². The number of hydrogen-bond donors (Lipinski definition) is 0. The van der Waals surface area contributed by atoms with E-state index in [4.69, 9.17) is 4.84 Å². The maximum atomic E-state index is 12.0. The molecule has 0 atom stereocenters. The summed E-state index contributed by atoms with van der Waals surface area (Å²) in [7, 11) is 0. The number of fused-ring (bicyclic) bond motifs is 1. The number of rotatable bonds is 0. The predicted molar refractivity (Wildman–Crippen MR) is 95.5 cm³/mol. The first-order valence-electron chi connectivity index (χ1n) is 7.54. The second-order valence-corrected chi connectivity index (χ2v) is 4.78. The van der Waals surface area contributed by atoms with Crippen LogP contribution in [-0.2, 0) is 11.2 Å². The zero-order valence-corrected chi connectivity index (χ0v) is 13.2. The lowest BCUT2D eigenvalue weighted by atomic mass is 10.1. The minimum atomic E-state index is -0.0153. The lowest BCUT2D eigenvalue weighted by Crippen LogP contribution is -2.00. The molecule has 0 amide bonds. The largest absolute Gasteiger partial charge is 0.339 e. The van der Waals surface area contributed by atoms with Crippen molar-refractivity contribution in [2.45, 2.75) is 6.42 Å². The van der Waals surface area contributed by atoms with E-state index in [0.717, 1.165) is 5.56 Å². The maximum Gasteiger partial charge on any atom is 0.163 e. The average molecular weight is 318 g/mol. The molecular formula is C20H18N2O2. The summed E-state index contributed by atoms with van der Waals surface area (Å²) in [6.07, 6.45) is 21.7. The van der Waals surface area contributed by atoms with E-state index < -0.39 is 0 Å². The van der Waals surface area contributed by atoms with E-state index in [-0.39, 0.29) is 12.2 Å². The van der Waals surface area contributed by atoms with E-state index in [2.05, 4.69) is 10.4 Å². The summed E-state index contributed by atoms with van der Waals surface area (Å²) in [5, 5.41) is 7.44. The predicted octanol–water partition coefficient (Wildman–Crippen LogP) is 4.85. The average Bonchev–Trinajstić information content (AvgIpc) is 2.59. The molecule has 0 saturated carbocycles. The van der Waals surface area contributed by atoms with Crippen LogP contribution in [0.2, 0.25) is 0 Å². The van der Waals surface area contributed by atoms with Crippen molar-refractivity contribution in [1.29, 1.82) is 0 Å². The normalized spacial score (nSPS) is 15.4. The van der Waals surface area contributed by atoms with Crippen LogP contribution in [0, 0.1) is 0 Å². The zero-order valence-electron chi connectivity index (χ0n) is 13.2. The van der Waals surface area contributed by atoms with Crippen molar-refractivity contribution in [3.05, 3.63) is 103 Å². The molecule has 1 aliphatic rings. The summed E-state index contributed by atoms with van der Waals surface area (Å²) in [6, 6.07) is 7.27. The van der Waals surface area contributed by atoms with Crippen LogP contribution in [0.4, 0.5) is 0 Å². The van der Waals surface area contributed by atoms with Crippen LogP contribution in [-0.4, -0.2) is 5.78 Å².